The molecule has 1 aromatic carbocycles. The molecule has 0 saturated carbocycles. The molecule has 0 bridgehead atoms. The number of anilines is 1. The molecule has 0 amide bonds. The van der Waals surface area contributed by atoms with Crippen LogP contribution in [0.25, 0.3) is 11.0 Å². The number of hydrogen-bond acceptors (Lipinski definition) is 5. The first kappa shape index (κ1) is 11.7. The molecule has 5 nitrogen and oxygen atoms in total. The number of rotatable bonds is 2. The summed E-state index contributed by atoms with van der Waals surface area (Å²) in [4.78, 5) is 8.62. The highest BCUT2D eigenvalue weighted by atomic mass is 32.1. The molecule has 3 rings (SSSR count). The van der Waals surface area contributed by atoms with Gasteiger partial charge in [-0.25, -0.2) is 9.97 Å². The lowest BCUT2D eigenvalue weighted by Crippen LogP contribution is -2.09. The Hall–Kier alpha value is -2.39. The summed E-state index contributed by atoms with van der Waals surface area (Å²) >= 11 is 1.58. The third-order valence-electron chi connectivity index (χ3n) is 3.06. The summed E-state index contributed by atoms with van der Waals surface area (Å²) in [5.74, 6) is 0.403. The lowest BCUT2D eigenvalue weighted by molar-refractivity contribution is 0.662. The van der Waals surface area contributed by atoms with Crippen LogP contribution in [0.2, 0.25) is 0 Å². The van der Waals surface area contributed by atoms with Gasteiger partial charge in [-0.3, -0.25) is 0 Å². The molecule has 0 fully saturated rings. The summed E-state index contributed by atoms with van der Waals surface area (Å²) in [5.41, 5.74) is 8.04. The Balaban J connectivity index is 2.25. The first-order valence-corrected chi connectivity index (χ1v) is 6.66. The van der Waals surface area contributed by atoms with Gasteiger partial charge in [-0.1, -0.05) is 6.07 Å². The molecule has 2 aromatic heterocycles. The van der Waals surface area contributed by atoms with Gasteiger partial charge >= 0.3 is 0 Å². The average Bonchev–Trinajstić information content (AvgIpc) is 3.04. The summed E-state index contributed by atoms with van der Waals surface area (Å²) in [6.07, 6.45) is 1.77. The minimum Gasteiger partial charge on any atom is -0.369 e. The van der Waals surface area contributed by atoms with Crippen molar-refractivity contribution in [2.75, 3.05) is 5.73 Å². The fourth-order valence-electron chi connectivity index (χ4n) is 2.18. The van der Waals surface area contributed by atoms with E-state index in [4.69, 9.17) is 11.0 Å². The molecule has 2 heterocycles. The molecule has 19 heavy (non-hydrogen) atoms. The standard InChI is InChI=1S/C13H11N5S/c1-8(12-16-5-6-19-12)18-10-4-2-3-9(7-14)11(10)17-13(18)15/h2-6,8H,1H3,(H2,15,17). The summed E-state index contributed by atoms with van der Waals surface area (Å²) in [7, 11) is 0. The molecule has 0 radical (unpaired) electrons. The number of thiazole rings is 1. The first-order valence-electron chi connectivity index (χ1n) is 5.78. The maximum absolute atomic E-state index is 9.11. The molecule has 0 spiro atoms. The van der Waals surface area contributed by atoms with Crippen LogP contribution in [-0.4, -0.2) is 14.5 Å². The van der Waals surface area contributed by atoms with Gasteiger partial charge in [-0.15, -0.1) is 11.3 Å². The second kappa shape index (κ2) is 4.37. The summed E-state index contributed by atoms with van der Waals surface area (Å²) < 4.78 is 1.91. The lowest BCUT2D eigenvalue weighted by atomic mass is 10.2. The Bertz CT molecular complexity index is 766. The van der Waals surface area contributed by atoms with Gasteiger partial charge in [0.1, 0.15) is 16.6 Å². The molecular formula is C13H11N5S. The van der Waals surface area contributed by atoms with E-state index in [2.05, 4.69) is 16.0 Å². The predicted octanol–water partition coefficient (Wildman–Crippen LogP) is 2.56. The number of nitrogens with zero attached hydrogens (tertiary/aromatic N) is 4. The van der Waals surface area contributed by atoms with E-state index in [9.17, 15) is 0 Å². The number of para-hydroxylation sites is 1. The molecule has 0 aliphatic heterocycles. The molecule has 1 unspecified atom stereocenters. The van der Waals surface area contributed by atoms with Crippen molar-refractivity contribution in [1.82, 2.24) is 14.5 Å². The number of nitrogen functional groups attached to an aromatic ring is 1. The number of nitrogens with two attached hydrogens (primary N) is 1. The van der Waals surface area contributed by atoms with Crippen LogP contribution >= 0.6 is 11.3 Å². The lowest BCUT2D eigenvalue weighted by Gasteiger charge is -2.13. The smallest absolute Gasteiger partial charge is 0.201 e. The number of imidazole rings is 1. The Morgan fingerprint density at radius 1 is 1.47 bits per heavy atom. The van der Waals surface area contributed by atoms with E-state index in [1.807, 2.05) is 29.0 Å². The van der Waals surface area contributed by atoms with Crippen LogP contribution in [0.15, 0.2) is 29.8 Å². The van der Waals surface area contributed by atoms with E-state index in [0.29, 0.717) is 17.0 Å². The van der Waals surface area contributed by atoms with E-state index in [1.54, 1.807) is 23.6 Å². The number of fused-ring (bicyclic) bond motifs is 1. The zero-order valence-electron chi connectivity index (χ0n) is 10.2. The van der Waals surface area contributed by atoms with Gasteiger partial charge in [-0.2, -0.15) is 5.26 Å². The predicted molar refractivity (Wildman–Crippen MR) is 74.8 cm³/mol. The molecular weight excluding hydrogens is 258 g/mol. The Kier molecular flexibility index (Phi) is 2.69. The normalized spacial score (nSPS) is 12.4. The number of hydrogen-bond donors (Lipinski definition) is 1. The maximum Gasteiger partial charge on any atom is 0.201 e. The molecule has 0 aliphatic rings. The minimum atomic E-state index is -0.000979. The maximum atomic E-state index is 9.11. The van der Waals surface area contributed by atoms with Crippen LogP contribution in [0.3, 0.4) is 0 Å². The van der Waals surface area contributed by atoms with Crippen LogP contribution in [0.4, 0.5) is 5.95 Å². The highest BCUT2D eigenvalue weighted by Gasteiger charge is 2.18. The molecule has 3 aromatic rings. The number of nitriles is 1. The number of benzene rings is 1. The third kappa shape index (κ3) is 1.75. The van der Waals surface area contributed by atoms with Crippen molar-refractivity contribution in [1.29, 1.82) is 5.26 Å². The zero-order chi connectivity index (χ0) is 13.4. The molecule has 1 atom stereocenters. The summed E-state index contributed by atoms with van der Waals surface area (Å²) in [6.45, 7) is 2.02. The van der Waals surface area contributed by atoms with Crippen molar-refractivity contribution in [3.05, 3.63) is 40.3 Å². The van der Waals surface area contributed by atoms with E-state index in [-0.39, 0.29) is 6.04 Å². The first-order chi connectivity index (χ1) is 9.22. The van der Waals surface area contributed by atoms with Gasteiger partial charge in [0.25, 0.3) is 0 Å². The number of aromatic nitrogens is 3. The van der Waals surface area contributed by atoms with Gasteiger partial charge in [0.15, 0.2) is 0 Å². The van der Waals surface area contributed by atoms with Crippen molar-refractivity contribution < 1.29 is 0 Å². The quantitative estimate of drug-likeness (QED) is 0.775. The van der Waals surface area contributed by atoms with Gasteiger partial charge < -0.3 is 10.3 Å². The summed E-state index contributed by atoms with van der Waals surface area (Å²) in [6, 6.07) is 7.64. The van der Waals surface area contributed by atoms with Gasteiger partial charge in [0, 0.05) is 11.6 Å². The molecule has 6 heteroatoms. The zero-order valence-corrected chi connectivity index (χ0v) is 11.1. The van der Waals surface area contributed by atoms with E-state index in [1.165, 1.54) is 0 Å². The van der Waals surface area contributed by atoms with Crippen LogP contribution in [-0.2, 0) is 0 Å². The second-order valence-electron chi connectivity index (χ2n) is 4.17. The SMILES string of the molecule is CC(c1nccs1)n1c(N)nc2c(C#N)cccc21. The van der Waals surface area contributed by atoms with E-state index in [0.717, 1.165) is 10.5 Å². The van der Waals surface area contributed by atoms with Crippen LogP contribution in [0.5, 0.6) is 0 Å². The minimum absolute atomic E-state index is 0.000979. The van der Waals surface area contributed by atoms with E-state index < -0.39 is 0 Å². The van der Waals surface area contributed by atoms with Crippen molar-refractivity contribution in [3.8, 4) is 6.07 Å². The fraction of sp³-hybridized carbons (Fsp3) is 0.154. The molecule has 0 aliphatic carbocycles. The van der Waals surface area contributed by atoms with Gasteiger partial charge in [0.2, 0.25) is 5.95 Å². The van der Waals surface area contributed by atoms with Crippen molar-refractivity contribution in [2.24, 2.45) is 0 Å². The molecule has 2 N–H and O–H groups in total. The van der Waals surface area contributed by atoms with Gasteiger partial charge in [0.05, 0.1) is 17.1 Å². The van der Waals surface area contributed by atoms with Crippen LogP contribution < -0.4 is 5.73 Å². The van der Waals surface area contributed by atoms with Crippen molar-refractivity contribution >= 4 is 28.3 Å². The van der Waals surface area contributed by atoms with Gasteiger partial charge in [-0.05, 0) is 19.1 Å². The average molecular weight is 269 g/mol. The van der Waals surface area contributed by atoms with E-state index >= 15 is 0 Å². The van der Waals surface area contributed by atoms with Crippen LogP contribution in [0.1, 0.15) is 23.5 Å². The van der Waals surface area contributed by atoms with Crippen molar-refractivity contribution in [2.45, 2.75) is 13.0 Å². The second-order valence-corrected chi connectivity index (χ2v) is 5.10. The summed E-state index contributed by atoms with van der Waals surface area (Å²) in [5, 5.41) is 12.0. The third-order valence-corrected chi connectivity index (χ3v) is 4.01. The highest BCUT2D eigenvalue weighted by Crippen LogP contribution is 2.29. The molecule has 94 valence electrons. The Labute approximate surface area is 113 Å². The monoisotopic (exact) mass is 269 g/mol. The Morgan fingerprint density at radius 2 is 2.32 bits per heavy atom. The van der Waals surface area contributed by atoms with Crippen molar-refractivity contribution in [3.63, 3.8) is 0 Å². The van der Waals surface area contributed by atoms with Crippen LogP contribution in [0, 0.1) is 11.3 Å². The Morgan fingerprint density at radius 3 is 3.00 bits per heavy atom. The largest absolute Gasteiger partial charge is 0.369 e. The molecule has 0 saturated heterocycles. The highest BCUT2D eigenvalue weighted by molar-refractivity contribution is 7.09. The topological polar surface area (TPSA) is 80.5 Å². The fourth-order valence-corrected chi connectivity index (χ4v) is 2.87.